The second kappa shape index (κ2) is 6.87. The number of anilines is 1. The number of nitrogens with zero attached hydrogens (tertiary/aromatic N) is 1. The van der Waals surface area contributed by atoms with Crippen LogP contribution in [0.3, 0.4) is 0 Å². The van der Waals surface area contributed by atoms with Gasteiger partial charge in [0, 0.05) is 11.8 Å². The van der Waals surface area contributed by atoms with Crippen LogP contribution in [0.1, 0.15) is 62.1 Å². The monoisotopic (exact) mass is 262 g/mol. The summed E-state index contributed by atoms with van der Waals surface area (Å²) in [6.07, 6.45) is 10.9. The number of hydrogen-bond acceptors (Lipinski definition) is 4. The molecule has 106 valence electrons. The summed E-state index contributed by atoms with van der Waals surface area (Å²) in [6.45, 7) is 2.04. The minimum Gasteiger partial charge on any atom is -0.383 e. The predicted octanol–water partition coefficient (Wildman–Crippen LogP) is 2.84. The molecule has 4 heteroatoms. The second-order valence-electron chi connectivity index (χ2n) is 5.74. The van der Waals surface area contributed by atoms with Gasteiger partial charge in [-0.1, -0.05) is 32.1 Å². The van der Waals surface area contributed by atoms with Crippen LogP contribution in [-0.2, 0) is 0 Å². The van der Waals surface area contributed by atoms with Crippen LogP contribution >= 0.6 is 0 Å². The Labute approximate surface area is 115 Å². The Morgan fingerprint density at radius 3 is 2.47 bits per heavy atom. The van der Waals surface area contributed by atoms with Crippen molar-refractivity contribution >= 4 is 5.82 Å². The number of aromatic nitrogens is 1. The molecule has 1 atom stereocenters. The summed E-state index contributed by atoms with van der Waals surface area (Å²) in [4.78, 5) is 4.27. The van der Waals surface area contributed by atoms with Crippen molar-refractivity contribution in [3.63, 3.8) is 0 Å². The quantitative estimate of drug-likeness (QED) is 0.578. The van der Waals surface area contributed by atoms with E-state index in [4.69, 9.17) is 11.6 Å². The van der Waals surface area contributed by atoms with Crippen LogP contribution in [0.4, 0.5) is 5.82 Å². The van der Waals surface area contributed by atoms with Gasteiger partial charge in [0.05, 0.1) is 6.04 Å². The molecule has 2 rings (SSSR count). The van der Waals surface area contributed by atoms with Crippen molar-refractivity contribution in [2.75, 3.05) is 5.73 Å². The van der Waals surface area contributed by atoms with Gasteiger partial charge in [-0.2, -0.15) is 0 Å². The number of pyridine rings is 1. The maximum atomic E-state index is 6.04. The molecule has 1 fully saturated rings. The van der Waals surface area contributed by atoms with Gasteiger partial charge in [-0.25, -0.2) is 4.98 Å². The minimum atomic E-state index is 0.130. The van der Waals surface area contributed by atoms with E-state index in [1.165, 1.54) is 44.9 Å². The van der Waals surface area contributed by atoms with E-state index in [0.717, 1.165) is 11.1 Å². The van der Waals surface area contributed by atoms with Crippen molar-refractivity contribution in [3.8, 4) is 0 Å². The summed E-state index contributed by atoms with van der Waals surface area (Å²) in [6, 6.07) is 2.25. The maximum absolute atomic E-state index is 6.04. The lowest BCUT2D eigenvalue weighted by atomic mass is 9.83. The van der Waals surface area contributed by atoms with Gasteiger partial charge in [0.1, 0.15) is 5.82 Å². The summed E-state index contributed by atoms with van der Waals surface area (Å²) in [7, 11) is 0. The third-order valence-corrected chi connectivity index (χ3v) is 4.22. The SMILES string of the molecule is Cc1cnc(N)c(C(NN)C2CCCCCCC2)c1. The summed E-state index contributed by atoms with van der Waals surface area (Å²) in [5, 5.41) is 0. The van der Waals surface area contributed by atoms with Crippen molar-refractivity contribution in [2.45, 2.75) is 57.9 Å². The van der Waals surface area contributed by atoms with Crippen molar-refractivity contribution in [1.82, 2.24) is 10.4 Å². The molecule has 5 N–H and O–H groups in total. The topological polar surface area (TPSA) is 77.0 Å². The molecular formula is C15H26N4. The molecular weight excluding hydrogens is 236 g/mol. The van der Waals surface area contributed by atoms with Crippen LogP contribution in [0.25, 0.3) is 0 Å². The van der Waals surface area contributed by atoms with Crippen LogP contribution < -0.4 is 17.0 Å². The first-order valence-electron chi connectivity index (χ1n) is 7.40. The van der Waals surface area contributed by atoms with Crippen molar-refractivity contribution in [1.29, 1.82) is 0 Å². The van der Waals surface area contributed by atoms with Gasteiger partial charge >= 0.3 is 0 Å². The highest BCUT2D eigenvalue weighted by atomic mass is 15.2. The standard InChI is InChI=1S/C15H26N4/c1-11-9-13(15(16)18-10-11)14(19-17)12-7-5-3-2-4-6-8-12/h9-10,12,14,19H,2-8,17H2,1H3,(H2,16,18). The van der Waals surface area contributed by atoms with Gasteiger partial charge in [-0.15, -0.1) is 0 Å². The summed E-state index contributed by atoms with van der Waals surface area (Å²) in [5.74, 6) is 6.98. The summed E-state index contributed by atoms with van der Waals surface area (Å²) in [5.41, 5.74) is 11.2. The first kappa shape index (κ1) is 14.3. The van der Waals surface area contributed by atoms with E-state index in [9.17, 15) is 0 Å². The number of nitrogens with one attached hydrogen (secondary N) is 1. The first-order valence-corrected chi connectivity index (χ1v) is 7.40. The number of nitrogens with two attached hydrogens (primary N) is 2. The number of hydrogen-bond donors (Lipinski definition) is 3. The zero-order chi connectivity index (χ0) is 13.7. The molecule has 0 aliphatic heterocycles. The van der Waals surface area contributed by atoms with E-state index in [-0.39, 0.29) is 6.04 Å². The van der Waals surface area contributed by atoms with Crippen LogP contribution in [0.5, 0.6) is 0 Å². The van der Waals surface area contributed by atoms with Gasteiger partial charge in [0.2, 0.25) is 0 Å². The van der Waals surface area contributed by atoms with Gasteiger partial charge in [-0.05, 0) is 37.3 Å². The van der Waals surface area contributed by atoms with E-state index in [1.807, 2.05) is 13.1 Å². The highest BCUT2D eigenvalue weighted by Gasteiger charge is 2.24. The average molecular weight is 262 g/mol. The normalized spacial score (nSPS) is 19.7. The van der Waals surface area contributed by atoms with Crippen LogP contribution in [-0.4, -0.2) is 4.98 Å². The lowest BCUT2D eigenvalue weighted by Crippen LogP contribution is -2.34. The fourth-order valence-electron chi connectivity index (χ4n) is 3.15. The molecule has 0 spiro atoms. The lowest BCUT2D eigenvalue weighted by Gasteiger charge is -2.29. The molecule has 1 aliphatic rings. The molecule has 1 heterocycles. The molecule has 1 unspecified atom stereocenters. The predicted molar refractivity (Wildman–Crippen MR) is 79.3 cm³/mol. The number of nitrogen functional groups attached to an aromatic ring is 1. The highest BCUT2D eigenvalue weighted by Crippen LogP contribution is 2.34. The van der Waals surface area contributed by atoms with E-state index in [2.05, 4.69) is 16.5 Å². The highest BCUT2D eigenvalue weighted by molar-refractivity contribution is 5.43. The number of aryl methyl sites for hydroxylation is 1. The Morgan fingerprint density at radius 1 is 1.21 bits per heavy atom. The number of hydrazine groups is 1. The molecule has 0 bridgehead atoms. The van der Waals surface area contributed by atoms with E-state index in [1.54, 1.807) is 0 Å². The zero-order valence-corrected chi connectivity index (χ0v) is 11.9. The smallest absolute Gasteiger partial charge is 0.128 e. The van der Waals surface area contributed by atoms with E-state index < -0.39 is 0 Å². The molecule has 1 saturated carbocycles. The van der Waals surface area contributed by atoms with Gasteiger partial charge in [-0.3, -0.25) is 11.3 Å². The Bertz CT molecular complexity index is 397. The molecule has 0 radical (unpaired) electrons. The van der Waals surface area contributed by atoms with Crippen molar-refractivity contribution in [2.24, 2.45) is 11.8 Å². The molecule has 19 heavy (non-hydrogen) atoms. The molecule has 4 nitrogen and oxygen atoms in total. The molecule has 1 aromatic rings. The van der Waals surface area contributed by atoms with Crippen LogP contribution in [0.15, 0.2) is 12.3 Å². The molecule has 0 amide bonds. The molecule has 0 aromatic carbocycles. The first-order chi connectivity index (χ1) is 9.22. The summed E-state index contributed by atoms with van der Waals surface area (Å²) < 4.78 is 0. The Kier molecular flexibility index (Phi) is 5.16. The zero-order valence-electron chi connectivity index (χ0n) is 11.9. The third kappa shape index (κ3) is 3.67. The largest absolute Gasteiger partial charge is 0.383 e. The van der Waals surface area contributed by atoms with Crippen LogP contribution in [0.2, 0.25) is 0 Å². The fraction of sp³-hybridized carbons (Fsp3) is 0.667. The number of rotatable bonds is 3. The lowest BCUT2D eigenvalue weighted by molar-refractivity contribution is 0.291. The van der Waals surface area contributed by atoms with Crippen LogP contribution in [0, 0.1) is 12.8 Å². The summed E-state index contributed by atoms with van der Waals surface area (Å²) >= 11 is 0. The molecule has 1 aliphatic carbocycles. The maximum Gasteiger partial charge on any atom is 0.128 e. The Balaban J connectivity index is 2.19. The Morgan fingerprint density at radius 2 is 1.84 bits per heavy atom. The van der Waals surface area contributed by atoms with Crippen molar-refractivity contribution < 1.29 is 0 Å². The van der Waals surface area contributed by atoms with Crippen molar-refractivity contribution in [3.05, 3.63) is 23.4 Å². The minimum absolute atomic E-state index is 0.130. The van der Waals surface area contributed by atoms with Gasteiger partial charge in [0.25, 0.3) is 0 Å². The third-order valence-electron chi connectivity index (χ3n) is 4.22. The van der Waals surface area contributed by atoms with E-state index in [0.29, 0.717) is 11.7 Å². The second-order valence-corrected chi connectivity index (χ2v) is 5.74. The van der Waals surface area contributed by atoms with Gasteiger partial charge < -0.3 is 5.73 Å². The van der Waals surface area contributed by atoms with E-state index >= 15 is 0 Å². The average Bonchev–Trinajstić information content (AvgIpc) is 2.36. The Hall–Kier alpha value is -1.13. The fourth-order valence-corrected chi connectivity index (χ4v) is 3.15. The molecule has 0 saturated heterocycles. The van der Waals surface area contributed by atoms with Gasteiger partial charge in [0.15, 0.2) is 0 Å². The molecule has 1 aromatic heterocycles.